The monoisotopic (exact) mass is 281 g/mol. The molecule has 2 rings (SSSR count). The van der Waals surface area contributed by atoms with Gasteiger partial charge in [0.1, 0.15) is 0 Å². The fourth-order valence-electron chi connectivity index (χ4n) is 3.18. The summed E-state index contributed by atoms with van der Waals surface area (Å²) in [6.45, 7) is 6.85. The van der Waals surface area contributed by atoms with Crippen LogP contribution in [0.3, 0.4) is 0 Å². The maximum absolute atomic E-state index is 5.04. The maximum Gasteiger partial charge on any atom is 0.165 e. The van der Waals surface area contributed by atoms with Crippen LogP contribution in [0.1, 0.15) is 51.4 Å². The van der Waals surface area contributed by atoms with Crippen molar-refractivity contribution in [3.8, 4) is 0 Å². The lowest BCUT2D eigenvalue weighted by Gasteiger charge is -2.34. The van der Waals surface area contributed by atoms with E-state index < -0.39 is 0 Å². The van der Waals surface area contributed by atoms with Crippen LogP contribution in [-0.4, -0.2) is 40.5 Å². The molecule has 0 amide bonds. The molecule has 0 aromatic carbocycles. The van der Waals surface area contributed by atoms with E-state index in [9.17, 15) is 0 Å². The molecule has 1 saturated carbocycles. The molecule has 1 aromatic rings. The molecule has 20 heavy (non-hydrogen) atoms. The largest absolute Gasteiger partial charge is 0.383 e. The smallest absolute Gasteiger partial charge is 0.165 e. The number of hydrogen-bond acceptors (Lipinski definition) is 5. The van der Waals surface area contributed by atoms with Crippen LogP contribution in [0.5, 0.6) is 0 Å². The van der Waals surface area contributed by atoms with Crippen LogP contribution in [0.25, 0.3) is 0 Å². The molecule has 0 spiro atoms. The molecule has 1 heterocycles. The SMILES string of the molecule is COCCNCc1nnnn1C1CCCCC1C(C)C. The Bertz CT molecular complexity index is 393. The fraction of sp³-hybridized carbons (Fsp3) is 0.929. The second-order valence-electron chi connectivity index (χ2n) is 5.97. The van der Waals surface area contributed by atoms with E-state index in [1.165, 1.54) is 25.7 Å². The highest BCUT2D eigenvalue weighted by Gasteiger charge is 2.31. The lowest BCUT2D eigenvalue weighted by Crippen LogP contribution is -2.30. The van der Waals surface area contributed by atoms with Crippen molar-refractivity contribution < 1.29 is 4.74 Å². The summed E-state index contributed by atoms with van der Waals surface area (Å²) < 4.78 is 7.09. The van der Waals surface area contributed by atoms with Gasteiger partial charge in [-0.05, 0) is 35.1 Å². The van der Waals surface area contributed by atoms with Crippen LogP contribution in [0, 0.1) is 11.8 Å². The van der Waals surface area contributed by atoms with Gasteiger partial charge < -0.3 is 10.1 Å². The van der Waals surface area contributed by atoms with Crippen molar-refractivity contribution in [3.05, 3.63) is 5.82 Å². The summed E-state index contributed by atoms with van der Waals surface area (Å²) in [6.07, 6.45) is 5.10. The third-order valence-electron chi connectivity index (χ3n) is 4.28. The van der Waals surface area contributed by atoms with Gasteiger partial charge in [-0.15, -0.1) is 5.10 Å². The van der Waals surface area contributed by atoms with E-state index in [0.29, 0.717) is 31.0 Å². The molecular formula is C14H27N5O. The molecule has 1 aliphatic rings. The zero-order valence-electron chi connectivity index (χ0n) is 12.9. The number of aromatic nitrogens is 4. The number of nitrogens with zero attached hydrogens (tertiary/aromatic N) is 4. The third kappa shape index (κ3) is 3.76. The van der Waals surface area contributed by atoms with Gasteiger partial charge in [-0.3, -0.25) is 0 Å². The molecule has 2 atom stereocenters. The predicted molar refractivity (Wildman–Crippen MR) is 77.2 cm³/mol. The zero-order chi connectivity index (χ0) is 14.4. The highest BCUT2D eigenvalue weighted by molar-refractivity contribution is 4.89. The van der Waals surface area contributed by atoms with Crippen LogP contribution < -0.4 is 5.32 Å². The lowest BCUT2D eigenvalue weighted by molar-refractivity contribution is 0.166. The normalized spacial score (nSPS) is 23.4. The molecular weight excluding hydrogens is 254 g/mol. The standard InChI is InChI=1S/C14H27N5O/c1-11(2)12-6-4-5-7-13(12)19-14(16-17-18-19)10-15-8-9-20-3/h11-13,15H,4-10H2,1-3H3. The number of nitrogens with one attached hydrogen (secondary N) is 1. The maximum atomic E-state index is 5.04. The van der Waals surface area contributed by atoms with Gasteiger partial charge >= 0.3 is 0 Å². The van der Waals surface area contributed by atoms with Gasteiger partial charge in [0.2, 0.25) is 0 Å². The van der Waals surface area contributed by atoms with Gasteiger partial charge in [-0.2, -0.15) is 0 Å². The average molecular weight is 281 g/mol. The Morgan fingerprint density at radius 1 is 1.35 bits per heavy atom. The predicted octanol–water partition coefficient (Wildman–Crippen LogP) is 1.80. The van der Waals surface area contributed by atoms with Crippen molar-refractivity contribution >= 4 is 0 Å². The van der Waals surface area contributed by atoms with E-state index in [-0.39, 0.29) is 0 Å². The number of rotatable bonds is 7. The average Bonchev–Trinajstić information content (AvgIpc) is 2.92. The molecule has 0 aliphatic heterocycles. The van der Waals surface area contributed by atoms with Crippen molar-refractivity contribution in [2.75, 3.05) is 20.3 Å². The van der Waals surface area contributed by atoms with Crippen LogP contribution in [0.2, 0.25) is 0 Å². The van der Waals surface area contributed by atoms with Gasteiger partial charge in [-0.1, -0.05) is 26.7 Å². The van der Waals surface area contributed by atoms with Crippen LogP contribution in [0.15, 0.2) is 0 Å². The van der Waals surface area contributed by atoms with E-state index in [4.69, 9.17) is 4.74 Å². The van der Waals surface area contributed by atoms with Crippen molar-refractivity contribution in [2.24, 2.45) is 11.8 Å². The van der Waals surface area contributed by atoms with E-state index in [0.717, 1.165) is 12.4 Å². The van der Waals surface area contributed by atoms with Gasteiger partial charge in [0, 0.05) is 13.7 Å². The number of ether oxygens (including phenoxy) is 1. The summed E-state index contributed by atoms with van der Waals surface area (Å²) >= 11 is 0. The number of methoxy groups -OCH3 is 1. The van der Waals surface area contributed by atoms with Crippen LogP contribution >= 0.6 is 0 Å². The first-order chi connectivity index (χ1) is 9.74. The van der Waals surface area contributed by atoms with Gasteiger partial charge in [0.25, 0.3) is 0 Å². The summed E-state index contributed by atoms with van der Waals surface area (Å²) in [6, 6.07) is 0.456. The van der Waals surface area contributed by atoms with Crippen LogP contribution in [-0.2, 0) is 11.3 Å². The van der Waals surface area contributed by atoms with E-state index in [1.807, 2.05) is 0 Å². The quantitative estimate of drug-likeness (QED) is 0.772. The second kappa shape index (κ2) is 7.69. The molecule has 0 bridgehead atoms. The zero-order valence-corrected chi connectivity index (χ0v) is 12.9. The first-order valence-corrected chi connectivity index (χ1v) is 7.70. The highest BCUT2D eigenvalue weighted by atomic mass is 16.5. The molecule has 0 radical (unpaired) electrons. The second-order valence-corrected chi connectivity index (χ2v) is 5.97. The van der Waals surface area contributed by atoms with E-state index in [1.54, 1.807) is 7.11 Å². The number of hydrogen-bond donors (Lipinski definition) is 1. The Morgan fingerprint density at radius 2 is 2.15 bits per heavy atom. The molecule has 1 aliphatic carbocycles. The minimum atomic E-state index is 0.456. The fourth-order valence-corrected chi connectivity index (χ4v) is 3.18. The van der Waals surface area contributed by atoms with Gasteiger partial charge in [-0.25, -0.2) is 4.68 Å². The molecule has 1 fully saturated rings. The van der Waals surface area contributed by atoms with E-state index >= 15 is 0 Å². The Kier molecular flexibility index (Phi) is 5.91. The third-order valence-corrected chi connectivity index (χ3v) is 4.28. The topological polar surface area (TPSA) is 64.9 Å². The van der Waals surface area contributed by atoms with Crippen molar-refractivity contribution in [2.45, 2.75) is 52.1 Å². The summed E-state index contributed by atoms with van der Waals surface area (Å²) in [5.74, 6) is 2.31. The minimum Gasteiger partial charge on any atom is -0.383 e. The molecule has 6 heteroatoms. The van der Waals surface area contributed by atoms with Crippen LogP contribution in [0.4, 0.5) is 0 Å². The summed E-state index contributed by atoms with van der Waals surface area (Å²) in [4.78, 5) is 0. The first-order valence-electron chi connectivity index (χ1n) is 7.70. The first kappa shape index (κ1) is 15.4. The van der Waals surface area contributed by atoms with Crippen molar-refractivity contribution in [3.63, 3.8) is 0 Å². The lowest BCUT2D eigenvalue weighted by atomic mass is 9.78. The molecule has 1 N–H and O–H groups in total. The summed E-state index contributed by atoms with van der Waals surface area (Å²) in [5.41, 5.74) is 0. The molecule has 2 unspecified atom stereocenters. The van der Waals surface area contributed by atoms with Gasteiger partial charge in [0.15, 0.2) is 5.82 Å². The van der Waals surface area contributed by atoms with E-state index in [2.05, 4.69) is 39.4 Å². The number of tetrazole rings is 1. The van der Waals surface area contributed by atoms with Gasteiger partial charge in [0.05, 0.1) is 19.2 Å². The highest BCUT2D eigenvalue weighted by Crippen LogP contribution is 2.38. The van der Waals surface area contributed by atoms with Crippen molar-refractivity contribution in [1.82, 2.24) is 25.5 Å². The molecule has 114 valence electrons. The Morgan fingerprint density at radius 3 is 2.90 bits per heavy atom. The Balaban J connectivity index is 2.01. The molecule has 0 saturated heterocycles. The molecule has 6 nitrogen and oxygen atoms in total. The Labute approximate surface area is 121 Å². The summed E-state index contributed by atoms with van der Waals surface area (Å²) in [5, 5.41) is 15.6. The minimum absolute atomic E-state index is 0.456. The molecule has 1 aromatic heterocycles. The van der Waals surface area contributed by atoms with Crippen molar-refractivity contribution in [1.29, 1.82) is 0 Å². The summed E-state index contributed by atoms with van der Waals surface area (Å²) in [7, 11) is 1.71. The Hall–Kier alpha value is -1.01.